The zero-order valence-corrected chi connectivity index (χ0v) is 12.7. The molecule has 1 heterocycles. The van der Waals surface area contributed by atoms with E-state index in [2.05, 4.69) is 32.4 Å². The molecule has 6 heteroatoms. The molecule has 6 nitrogen and oxygen atoms in total. The second-order valence-corrected chi connectivity index (χ2v) is 4.66. The van der Waals surface area contributed by atoms with E-state index in [-0.39, 0.29) is 5.91 Å². The summed E-state index contributed by atoms with van der Waals surface area (Å²) in [7, 11) is 3.81. The lowest BCUT2D eigenvalue weighted by Gasteiger charge is -2.14. The van der Waals surface area contributed by atoms with Crippen LogP contribution < -0.4 is 15.5 Å². The Morgan fingerprint density at radius 1 is 1.18 bits per heavy atom. The van der Waals surface area contributed by atoms with Gasteiger partial charge in [0, 0.05) is 20.2 Å². The molecule has 0 saturated carbocycles. The van der Waals surface area contributed by atoms with E-state index in [4.69, 9.17) is 0 Å². The summed E-state index contributed by atoms with van der Waals surface area (Å²) < 4.78 is 0. The number of aromatic nitrogens is 2. The fraction of sp³-hybridized carbons (Fsp3) is 0.188. The number of nitrogens with zero attached hydrogens (tertiary/aromatic N) is 3. The van der Waals surface area contributed by atoms with Crippen LogP contribution in [0.4, 0.5) is 23.0 Å². The summed E-state index contributed by atoms with van der Waals surface area (Å²) in [5.74, 6) is 6.09. The second kappa shape index (κ2) is 7.09. The predicted octanol–water partition coefficient (Wildman–Crippen LogP) is 2.25. The van der Waals surface area contributed by atoms with Gasteiger partial charge in [-0.2, -0.15) is 0 Å². The van der Waals surface area contributed by atoms with Crippen LogP contribution in [0.5, 0.6) is 0 Å². The van der Waals surface area contributed by atoms with Crippen LogP contribution in [-0.2, 0) is 4.79 Å². The Morgan fingerprint density at radius 3 is 2.59 bits per heavy atom. The Labute approximate surface area is 129 Å². The molecule has 0 aliphatic carbocycles. The lowest BCUT2D eigenvalue weighted by Crippen LogP contribution is -2.12. The maximum absolute atomic E-state index is 11.6. The molecular formula is C16H17N5O. The molecule has 0 radical (unpaired) electrons. The molecule has 2 rings (SSSR count). The number of anilines is 4. The Balaban J connectivity index is 2.24. The molecule has 0 bridgehead atoms. The largest absolute Gasteiger partial charge is 0.363 e. The van der Waals surface area contributed by atoms with E-state index < -0.39 is 0 Å². The summed E-state index contributed by atoms with van der Waals surface area (Å²) in [6, 6.07) is 9.19. The first-order valence-electron chi connectivity index (χ1n) is 6.69. The van der Waals surface area contributed by atoms with Crippen molar-refractivity contribution in [2.45, 2.75) is 6.92 Å². The van der Waals surface area contributed by atoms with Crippen molar-refractivity contribution in [2.24, 2.45) is 0 Å². The number of para-hydroxylation sites is 2. The van der Waals surface area contributed by atoms with Crippen molar-refractivity contribution in [2.75, 3.05) is 29.6 Å². The third kappa shape index (κ3) is 3.96. The highest BCUT2D eigenvalue weighted by molar-refractivity contribution is 6.05. The summed E-state index contributed by atoms with van der Waals surface area (Å²) >= 11 is 0. The lowest BCUT2D eigenvalue weighted by molar-refractivity contribution is -0.111. The molecule has 1 amide bonds. The lowest BCUT2D eigenvalue weighted by atomic mass is 10.2. The molecule has 0 spiro atoms. The normalized spacial score (nSPS) is 9.41. The van der Waals surface area contributed by atoms with Gasteiger partial charge < -0.3 is 15.5 Å². The number of carbonyl (C=O) groups excluding carboxylic acids is 1. The molecule has 0 fully saturated rings. The highest BCUT2D eigenvalue weighted by Crippen LogP contribution is 2.25. The number of carbonyl (C=O) groups is 1. The molecule has 0 saturated heterocycles. The van der Waals surface area contributed by atoms with Gasteiger partial charge in [-0.1, -0.05) is 18.1 Å². The monoisotopic (exact) mass is 295 g/mol. The minimum absolute atomic E-state index is 0.353. The molecule has 1 aromatic carbocycles. The predicted molar refractivity (Wildman–Crippen MR) is 88.2 cm³/mol. The van der Waals surface area contributed by atoms with E-state index in [1.54, 1.807) is 13.0 Å². The number of nitrogens with one attached hydrogen (secondary N) is 2. The van der Waals surface area contributed by atoms with Crippen molar-refractivity contribution >= 4 is 28.9 Å². The fourth-order valence-electron chi connectivity index (χ4n) is 1.77. The molecule has 112 valence electrons. The number of hydrogen-bond acceptors (Lipinski definition) is 5. The van der Waals surface area contributed by atoms with Gasteiger partial charge in [0.05, 0.1) is 11.4 Å². The van der Waals surface area contributed by atoms with Gasteiger partial charge in [-0.3, -0.25) is 4.79 Å². The zero-order chi connectivity index (χ0) is 15.9. The number of hydrogen-bond donors (Lipinski definition) is 2. The Hall–Kier alpha value is -3.07. The zero-order valence-electron chi connectivity index (χ0n) is 12.7. The van der Waals surface area contributed by atoms with E-state index in [0.717, 1.165) is 11.5 Å². The smallest absolute Gasteiger partial charge is 0.300 e. The second-order valence-electron chi connectivity index (χ2n) is 4.66. The van der Waals surface area contributed by atoms with Crippen LogP contribution >= 0.6 is 0 Å². The summed E-state index contributed by atoms with van der Waals surface area (Å²) in [6.07, 6.45) is 1.49. The van der Waals surface area contributed by atoms with Crippen LogP contribution in [0.15, 0.2) is 36.7 Å². The number of amides is 1. The van der Waals surface area contributed by atoms with E-state index in [1.165, 1.54) is 6.33 Å². The Morgan fingerprint density at radius 2 is 1.91 bits per heavy atom. The molecule has 2 N–H and O–H groups in total. The Kier molecular flexibility index (Phi) is 4.94. The summed E-state index contributed by atoms with van der Waals surface area (Å²) in [5, 5.41) is 5.91. The Bertz CT molecular complexity index is 731. The van der Waals surface area contributed by atoms with Crippen LogP contribution in [0.25, 0.3) is 0 Å². The van der Waals surface area contributed by atoms with Crippen molar-refractivity contribution in [1.82, 2.24) is 9.97 Å². The van der Waals surface area contributed by atoms with Crippen molar-refractivity contribution in [3.8, 4) is 11.8 Å². The molecular weight excluding hydrogens is 278 g/mol. The van der Waals surface area contributed by atoms with E-state index in [0.29, 0.717) is 11.5 Å². The SMILES string of the molecule is CC#CC(=O)Nc1ccccc1Nc1cc(N(C)C)ncn1. The van der Waals surface area contributed by atoms with Gasteiger partial charge in [-0.25, -0.2) is 9.97 Å². The fourth-order valence-corrected chi connectivity index (χ4v) is 1.77. The first kappa shape index (κ1) is 15.3. The topological polar surface area (TPSA) is 70.2 Å². The van der Waals surface area contributed by atoms with Crippen molar-refractivity contribution in [3.05, 3.63) is 36.7 Å². The van der Waals surface area contributed by atoms with Gasteiger partial charge >= 0.3 is 0 Å². The van der Waals surface area contributed by atoms with Gasteiger partial charge in [-0.05, 0) is 25.0 Å². The van der Waals surface area contributed by atoms with Crippen molar-refractivity contribution in [3.63, 3.8) is 0 Å². The van der Waals surface area contributed by atoms with Crippen LogP contribution in [0.3, 0.4) is 0 Å². The van der Waals surface area contributed by atoms with Gasteiger partial charge in [-0.15, -0.1) is 0 Å². The standard InChI is InChI=1S/C16H17N5O/c1-4-7-16(22)20-13-9-6-5-8-12(13)19-14-10-15(21(2)3)18-11-17-14/h5-6,8-11H,1-3H3,(H,20,22)(H,17,18,19). The molecule has 0 aliphatic rings. The minimum Gasteiger partial charge on any atom is -0.363 e. The van der Waals surface area contributed by atoms with Crippen LogP contribution in [-0.4, -0.2) is 30.0 Å². The van der Waals surface area contributed by atoms with Crippen molar-refractivity contribution < 1.29 is 4.79 Å². The molecule has 1 aromatic heterocycles. The third-order valence-electron chi connectivity index (χ3n) is 2.79. The molecule has 0 atom stereocenters. The first-order chi connectivity index (χ1) is 10.6. The van der Waals surface area contributed by atoms with Crippen molar-refractivity contribution in [1.29, 1.82) is 0 Å². The number of benzene rings is 1. The quantitative estimate of drug-likeness (QED) is 0.847. The minimum atomic E-state index is -0.353. The first-order valence-corrected chi connectivity index (χ1v) is 6.69. The van der Waals surface area contributed by atoms with Crippen LogP contribution in [0.2, 0.25) is 0 Å². The van der Waals surface area contributed by atoms with Crippen LogP contribution in [0.1, 0.15) is 6.92 Å². The summed E-state index contributed by atoms with van der Waals surface area (Å²) in [5.41, 5.74) is 1.37. The average Bonchev–Trinajstić information content (AvgIpc) is 2.50. The molecule has 2 aromatic rings. The highest BCUT2D eigenvalue weighted by atomic mass is 16.1. The molecule has 0 unspecified atom stereocenters. The van der Waals surface area contributed by atoms with E-state index in [9.17, 15) is 4.79 Å². The van der Waals surface area contributed by atoms with Gasteiger partial charge in [0.1, 0.15) is 18.0 Å². The van der Waals surface area contributed by atoms with E-state index in [1.807, 2.05) is 43.3 Å². The molecule has 22 heavy (non-hydrogen) atoms. The maximum atomic E-state index is 11.6. The average molecular weight is 295 g/mol. The third-order valence-corrected chi connectivity index (χ3v) is 2.79. The van der Waals surface area contributed by atoms with Gasteiger partial charge in [0.2, 0.25) is 0 Å². The maximum Gasteiger partial charge on any atom is 0.300 e. The van der Waals surface area contributed by atoms with Gasteiger partial charge in [0.25, 0.3) is 5.91 Å². The van der Waals surface area contributed by atoms with Crippen LogP contribution in [0, 0.1) is 11.8 Å². The van der Waals surface area contributed by atoms with Gasteiger partial charge in [0.15, 0.2) is 0 Å². The summed E-state index contributed by atoms with van der Waals surface area (Å²) in [4.78, 5) is 21.8. The molecule has 0 aliphatic heterocycles. The van der Waals surface area contributed by atoms with E-state index >= 15 is 0 Å². The summed E-state index contributed by atoms with van der Waals surface area (Å²) in [6.45, 7) is 1.62. The number of rotatable bonds is 4. The highest BCUT2D eigenvalue weighted by Gasteiger charge is 2.06.